The maximum absolute atomic E-state index is 12.8. The smallest absolute Gasteiger partial charge is 0.297 e. The molecular weight excluding hydrogens is 355 g/mol. The lowest BCUT2D eigenvalue weighted by molar-refractivity contribution is -0.135. The molecule has 1 amide bonds. The second-order valence-electron chi connectivity index (χ2n) is 5.15. The number of carbonyl (C=O) groups is 1. The number of nitrogens with zero attached hydrogens (tertiary/aromatic N) is 1. The normalized spacial score (nSPS) is 20.6. The summed E-state index contributed by atoms with van der Waals surface area (Å²) >= 11 is 17.2. The van der Waals surface area contributed by atoms with Crippen molar-refractivity contribution in [3.05, 3.63) is 64.1 Å². The van der Waals surface area contributed by atoms with E-state index >= 15 is 0 Å². The molecule has 7 heteroatoms. The van der Waals surface area contributed by atoms with Crippen LogP contribution in [0.2, 0.25) is 10.0 Å². The third kappa shape index (κ3) is 2.87. The van der Waals surface area contributed by atoms with Crippen LogP contribution in [0.3, 0.4) is 0 Å². The Bertz CT molecular complexity index is 785. The van der Waals surface area contributed by atoms with E-state index in [1.807, 2.05) is 30.3 Å². The average Bonchev–Trinajstić information content (AvgIpc) is 2.75. The first-order valence-corrected chi connectivity index (χ1v) is 7.93. The van der Waals surface area contributed by atoms with Gasteiger partial charge >= 0.3 is 0 Å². The van der Waals surface area contributed by atoms with Crippen molar-refractivity contribution in [1.29, 1.82) is 0 Å². The zero-order valence-electron chi connectivity index (χ0n) is 12.0. The Hall–Kier alpha value is -1.82. The van der Waals surface area contributed by atoms with E-state index in [9.17, 15) is 4.79 Å². The quantitative estimate of drug-likeness (QED) is 0.818. The number of carbonyl (C=O) groups excluding carboxylic acids is 1. The molecule has 1 atom stereocenters. The Morgan fingerprint density at radius 3 is 2.48 bits per heavy atom. The van der Waals surface area contributed by atoms with Gasteiger partial charge in [0, 0.05) is 5.56 Å². The zero-order valence-corrected chi connectivity index (χ0v) is 14.4. The van der Waals surface area contributed by atoms with Crippen molar-refractivity contribution >= 4 is 52.2 Å². The minimum atomic E-state index is -1.26. The molecule has 4 nitrogen and oxygen atoms in total. The molecule has 1 unspecified atom stereocenters. The first-order valence-electron chi connectivity index (χ1n) is 6.76. The Balaban J connectivity index is 1.92. The predicted octanol–water partition coefficient (Wildman–Crippen LogP) is 4.38. The van der Waals surface area contributed by atoms with Gasteiger partial charge in [-0.3, -0.25) is 10.2 Å². The van der Waals surface area contributed by atoms with Gasteiger partial charge in [0.2, 0.25) is 5.60 Å². The molecule has 0 spiro atoms. The van der Waals surface area contributed by atoms with Gasteiger partial charge in [0.15, 0.2) is 0 Å². The average molecular weight is 367 g/mol. The van der Waals surface area contributed by atoms with Gasteiger partial charge < -0.3 is 4.74 Å². The lowest BCUT2D eigenvalue weighted by atomic mass is 9.95. The van der Waals surface area contributed by atoms with E-state index in [0.29, 0.717) is 15.6 Å². The van der Waals surface area contributed by atoms with E-state index in [-0.39, 0.29) is 11.1 Å². The van der Waals surface area contributed by atoms with Crippen LogP contribution in [0.25, 0.3) is 0 Å². The zero-order chi connectivity index (χ0) is 16.6. The van der Waals surface area contributed by atoms with E-state index in [0.717, 1.165) is 5.69 Å². The summed E-state index contributed by atoms with van der Waals surface area (Å²) in [4.78, 5) is 12.8. The van der Waals surface area contributed by atoms with Crippen LogP contribution in [-0.2, 0) is 15.1 Å². The molecule has 1 aliphatic rings. The number of nitrogens with one attached hydrogen (secondary N) is 1. The number of ether oxygens (including phenoxy) is 1. The molecule has 2 aromatic rings. The van der Waals surface area contributed by atoms with Gasteiger partial charge in [0.25, 0.3) is 11.1 Å². The fourth-order valence-corrected chi connectivity index (χ4v) is 2.87. The van der Waals surface area contributed by atoms with Gasteiger partial charge in [0.1, 0.15) is 0 Å². The van der Waals surface area contributed by atoms with Crippen LogP contribution in [0.4, 0.5) is 5.69 Å². The van der Waals surface area contributed by atoms with Crippen molar-refractivity contribution in [2.75, 3.05) is 5.43 Å². The molecule has 1 N–H and O–H groups in total. The molecule has 0 aromatic heterocycles. The summed E-state index contributed by atoms with van der Waals surface area (Å²) in [5.74, 6) is -0.329. The summed E-state index contributed by atoms with van der Waals surface area (Å²) in [7, 11) is 0. The lowest BCUT2D eigenvalue weighted by Crippen LogP contribution is -2.39. The van der Waals surface area contributed by atoms with Crippen molar-refractivity contribution in [2.45, 2.75) is 12.5 Å². The fraction of sp³-hybridized carbons (Fsp3) is 0.125. The van der Waals surface area contributed by atoms with Crippen LogP contribution in [0.15, 0.2) is 48.5 Å². The van der Waals surface area contributed by atoms with Crippen molar-refractivity contribution in [2.24, 2.45) is 0 Å². The van der Waals surface area contributed by atoms with E-state index in [1.54, 1.807) is 25.1 Å². The lowest BCUT2D eigenvalue weighted by Gasteiger charge is -2.21. The number of rotatable bonds is 3. The molecule has 1 heterocycles. The number of halogens is 2. The third-order valence-electron chi connectivity index (χ3n) is 3.57. The highest BCUT2D eigenvalue weighted by Gasteiger charge is 2.50. The van der Waals surface area contributed by atoms with E-state index in [1.165, 1.54) is 5.01 Å². The molecule has 1 fully saturated rings. The molecule has 0 radical (unpaired) electrons. The summed E-state index contributed by atoms with van der Waals surface area (Å²) in [5, 5.41) is 2.02. The minimum Gasteiger partial charge on any atom is -0.448 e. The molecule has 3 rings (SSSR count). The van der Waals surface area contributed by atoms with Crippen LogP contribution in [0.1, 0.15) is 12.5 Å². The van der Waals surface area contributed by atoms with Gasteiger partial charge in [0.05, 0.1) is 15.7 Å². The fourth-order valence-electron chi connectivity index (χ4n) is 2.27. The Morgan fingerprint density at radius 2 is 1.83 bits per heavy atom. The molecular formula is C16H12Cl2N2O2S. The number of para-hydroxylation sites is 1. The standard InChI is InChI=1S/C16H12Cl2N2O2S/c1-16(10-7-8-12(17)13(18)9-10)14(21)20(15(23)22-16)19-11-5-3-2-4-6-11/h2-9,19H,1H3. The van der Waals surface area contributed by atoms with Crippen LogP contribution < -0.4 is 5.43 Å². The van der Waals surface area contributed by atoms with Gasteiger partial charge in [-0.25, -0.2) is 0 Å². The molecule has 0 saturated carbocycles. The summed E-state index contributed by atoms with van der Waals surface area (Å²) in [5.41, 5.74) is 3.00. The van der Waals surface area contributed by atoms with Crippen molar-refractivity contribution < 1.29 is 9.53 Å². The highest BCUT2D eigenvalue weighted by molar-refractivity contribution is 7.80. The van der Waals surface area contributed by atoms with E-state index in [4.69, 9.17) is 40.2 Å². The number of hydrogen-bond donors (Lipinski definition) is 1. The topological polar surface area (TPSA) is 41.6 Å². The number of amides is 1. The monoisotopic (exact) mass is 366 g/mol. The predicted molar refractivity (Wildman–Crippen MR) is 94.4 cm³/mol. The summed E-state index contributed by atoms with van der Waals surface area (Å²) in [6, 6.07) is 14.2. The first kappa shape index (κ1) is 16.1. The molecule has 1 saturated heterocycles. The highest BCUT2D eigenvalue weighted by Crippen LogP contribution is 2.37. The molecule has 0 bridgehead atoms. The number of hydrazine groups is 1. The van der Waals surface area contributed by atoms with Gasteiger partial charge in [-0.2, -0.15) is 5.01 Å². The third-order valence-corrected chi connectivity index (χ3v) is 4.58. The maximum atomic E-state index is 12.8. The van der Waals surface area contributed by atoms with E-state index < -0.39 is 5.60 Å². The second kappa shape index (κ2) is 6.00. The van der Waals surface area contributed by atoms with Crippen LogP contribution in [0, 0.1) is 0 Å². The van der Waals surface area contributed by atoms with Crippen molar-refractivity contribution in [3.63, 3.8) is 0 Å². The number of anilines is 1. The largest absolute Gasteiger partial charge is 0.448 e. The molecule has 1 aliphatic heterocycles. The number of benzene rings is 2. The Morgan fingerprint density at radius 1 is 1.13 bits per heavy atom. The van der Waals surface area contributed by atoms with Gasteiger partial charge in [-0.1, -0.05) is 47.5 Å². The second-order valence-corrected chi connectivity index (χ2v) is 6.31. The summed E-state index contributed by atoms with van der Waals surface area (Å²) in [6.45, 7) is 1.65. The molecule has 2 aromatic carbocycles. The minimum absolute atomic E-state index is 0.0485. The van der Waals surface area contributed by atoms with Gasteiger partial charge in [-0.15, -0.1) is 0 Å². The van der Waals surface area contributed by atoms with Gasteiger partial charge in [-0.05, 0) is 43.4 Å². The van der Waals surface area contributed by atoms with Crippen LogP contribution >= 0.6 is 35.4 Å². The maximum Gasteiger partial charge on any atom is 0.297 e. The highest BCUT2D eigenvalue weighted by atomic mass is 35.5. The van der Waals surface area contributed by atoms with Crippen molar-refractivity contribution in [1.82, 2.24) is 5.01 Å². The van der Waals surface area contributed by atoms with Crippen LogP contribution in [0.5, 0.6) is 0 Å². The number of hydrogen-bond acceptors (Lipinski definition) is 4. The van der Waals surface area contributed by atoms with Crippen molar-refractivity contribution in [3.8, 4) is 0 Å². The Labute approximate surface area is 148 Å². The van der Waals surface area contributed by atoms with Crippen LogP contribution in [-0.4, -0.2) is 16.1 Å². The number of thiocarbonyl (C=S) groups is 1. The molecule has 0 aliphatic carbocycles. The van der Waals surface area contributed by atoms with E-state index in [2.05, 4.69) is 5.43 Å². The molecule has 118 valence electrons. The summed E-state index contributed by atoms with van der Waals surface area (Å²) < 4.78 is 5.67. The Kier molecular flexibility index (Phi) is 4.19. The summed E-state index contributed by atoms with van der Waals surface area (Å²) in [6.07, 6.45) is 0. The SMILES string of the molecule is CC1(c2ccc(Cl)c(Cl)c2)OC(=S)N(Nc2ccccc2)C1=O. The first-order chi connectivity index (χ1) is 10.9. The molecule has 23 heavy (non-hydrogen) atoms.